The number of benzene rings is 2. The lowest BCUT2D eigenvalue weighted by atomic mass is 10.1. The number of hydrogen-bond acceptors (Lipinski definition) is 3. The Labute approximate surface area is 159 Å². The molecule has 0 fully saturated rings. The minimum Gasteiger partial charge on any atom is -0.497 e. The van der Waals surface area contributed by atoms with Gasteiger partial charge in [0, 0.05) is 11.1 Å². The molecule has 0 aliphatic rings. The summed E-state index contributed by atoms with van der Waals surface area (Å²) in [6.07, 6.45) is -4.58. The number of aryl methyl sites for hydroxylation is 1. The number of hydrogen-bond donors (Lipinski definition) is 0. The molecule has 0 aliphatic carbocycles. The van der Waals surface area contributed by atoms with Crippen molar-refractivity contribution in [1.29, 1.82) is 0 Å². The fourth-order valence-corrected chi connectivity index (χ4v) is 3.20. The molecule has 0 saturated carbocycles. The van der Waals surface area contributed by atoms with Gasteiger partial charge in [0.25, 0.3) is 0 Å². The molecule has 0 atom stereocenters. The van der Waals surface area contributed by atoms with E-state index in [1.807, 2.05) is 30.3 Å². The highest BCUT2D eigenvalue weighted by molar-refractivity contribution is 5.81. The lowest BCUT2D eigenvalue weighted by Crippen LogP contribution is -2.13. The van der Waals surface area contributed by atoms with E-state index in [-0.39, 0.29) is 11.3 Å². The van der Waals surface area contributed by atoms with Crippen molar-refractivity contribution in [3.8, 4) is 28.1 Å². The predicted molar refractivity (Wildman–Crippen MR) is 100 cm³/mol. The van der Waals surface area contributed by atoms with Crippen molar-refractivity contribution in [1.82, 2.24) is 14.6 Å². The van der Waals surface area contributed by atoms with Gasteiger partial charge in [-0.15, -0.1) is 0 Å². The zero-order chi connectivity index (χ0) is 19.9. The molecule has 0 spiro atoms. The monoisotopic (exact) mass is 383 g/mol. The molecule has 2 aromatic carbocycles. The fourth-order valence-electron chi connectivity index (χ4n) is 3.20. The molecule has 0 amide bonds. The molecule has 4 aromatic rings. The molecule has 7 heteroatoms. The van der Waals surface area contributed by atoms with Crippen LogP contribution in [0.25, 0.3) is 28.0 Å². The summed E-state index contributed by atoms with van der Waals surface area (Å²) in [5.41, 5.74) is 1.85. The van der Waals surface area contributed by atoms with Crippen molar-refractivity contribution in [2.75, 3.05) is 7.11 Å². The molecule has 0 radical (unpaired) electrons. The van der Waals surface area contributed by atoms with E-state index in [2.05, 4.69) is 10.1 Å². The summed E-state index contributed by atoms with van der Waals surface area (Å²) in [6.45, 7) is 1.68. The number of ether oxygens (including phenoxy) is 1. The summed E-state index contributed by atoms with van der Waals surface area (Å²) >= 11 is 0. The maximum atomic E-state index is 13.8. The van der Waals surface area contributed by atoms with Crippen molar-refractivity contribution in [2.24, 2.45) is 0 Å². The average molecular weight is 383 g/mol. The summed E-state index contributed by atoms with van der Waals surface area (Å²) < 4.78 is 47.4. The maximum absolute atomic E-state index is 13.8. The maximum Gasteiger partial charge on any atom is 0.433 e. The normalized spacial score (nSPS) is 11.8. The van der Waals surface area contributed by atoms with Crippen LogP contribution < -0.4 is 4.74 Å². The minimum absolute atomic E-state index is 0.163. The fraction of sp³-hybridized carbons (Fsp3) is 0.143. The Morgan fingerprint density at radius 3 is 2.32 bits per heavy atom. The Bertz CT molecular complexity index is 1150. The first-order chi connectivity index (χ1) is 13.4. The van der Waals surface area contributed by atoms with Gasteiger partial charge in [-0.1, -0.05) is 42.5 Å². The van der Waals surface area contributed by atoms with Crippen LogP contribution in [-0.4, -0.2) is 21.7 Å². The number of fused-ring (bicyclic) bond motifs is 1. The van der Waals surface area contributed by atoms with Gasteiger partial charge >= 0.3 is 6.18 Å². The highest BCUT2D eigenvalue weighted by atomic mass is 19.4. The summed E-state index contributed by atoms with van der Waals surface area (Å²) in [5.74, 6) is 0.542. The van der Waals surface area contributed by atoms with Crippen molar-refractivity contribution in [3.05, 3.63) is 72.1 Å². The molecule has 0 unspecified atom stereocenters. The standard InChI is InChI=1S/C21H16F3N3O/c1-13-19(14-7-4-3-5-8-14)20-25-17(15-9-6-10-16(11-15)28-2)12-18(21(22,23)24)27(20)26-13/h3-12H,1-2H3. The Kier molecular flexibility index (Phi) is 4.30. The van der Waals surface area contributed by atoms with Crippen LogP contribution in [0.5, 0.6) is 5.75 Å². The first kappa shape index (κ1) is 18.0. The van der Waals surface area contributed by atoms with Crippen molar-refractivity contribution in [3.63, 3.8) is 0 Å². The Morgan fingerprint density at radius 2 is 1.64 bits per heavy atom. The molecule has 4 nitrogen and oxygen atoms in total. The number of methoxy groups -OCH3 is 1. The highest BCUT2D eigenvalue weighted by Crippen LogP contribution is 2.36. The number of nitrogens with zero attached hydrogens (tertiary/aromatic N) is 3. The van der Waals surface area contributed by atoms with Crippen LogP contribution >= 0.6 is 0 Å². The predicted octanol–water partition coefficient (Wildman–Crippen LogP) is 5.40. The Balaban J connectivity index is 2.05. The summed E-state index contributed by atoms with van der Waals surface area (Å²) in [4.78, 5) is 4.54. The quantitative estimate of drug-likeness (QED) is 0.476. The third-order valence-corrected chi connectivity index (χ3v) is 4.48. The number of halogens is 3. The topological polar surface area (TPSA) is 39.4 Å². The zero-order valence-electron chi connectivity index (χ0n) is 15.2. The van der Waals surface area contributed by atoms with Crippen LogP contribution in [0.1, 0.15) is 11.4 Å². The van der Waals surface area contributed by atoms with E-state index in [1.165, 1.54) is 7.11 Å². The van der Waals surface area contributed by atoms with Crippen LogP contribution in [0, 0.1) is 6.92 Å². The van der Waals surface area contributed by atoms with E-state index in [4.69, 9.17) is 4.74 Å². The van der Waals surface area contributed by atoms with E-state index < -0.39 is 11.9 Å². The second-order valence-electron chi connectivity index (χ2n) is 6.32. The molecule has 4 rings (SSSR count). The van der Waals surface area contributed by atoms with Crippen LogP contribution in [0.2, 0.25) is 0 Å². The third-order valence-electron chi connectivity index (χ3n) is 4.48. The van der Waals surface area contributed by atoms with Gasteiger partial charge in [-0.3, -0.25) is 0 Å². The summed E-state index contributed by atoms with van der Waals surface area (Å²) in [5, 5.41) is 4.13. The van der Waals surface area contributed by atoms with Crippen LogP contribution in [0.3, 0.4) is 0 Å². The number of alkyl halides is 3. The first-order valence-corrected chi connectivity index (χ1v) is 8.56. The van der Waals surface area contributed by atoms with Crippen molar-refractivity contribution in [2.45, 2.75) is 13.1 Å². The number of rotatable bonds is 3. The van der Waals surface area contributed by atoms with E-state index in [9.17, 15) is 13.2 Å². The van der Waals surface area contributed by atoms with Gasteiger partial charge < -0.3 is 4.74 Å². The molecule has 0 N–H and O–H groups in total. The molecule has 0 saturated heterocycles. The van der Waals surface area contributed by atoms with Gasteiger partial charge in [0.1, 0.15) is 5.75 Å². The molecule has 0 bridgehead atoms. The largest absolute Gasteiger partial charge is 0.497 e. The molecule has 2 heterocycles. The summed E-state index contributed by atoms with van der Waals surface area (Å²) in [7, 11) is 1.50. The van der Waals surface area contributed by atoms with Crippen LogP contribution in [0.15, 0.2) is 60.7 Å². The SMILES string of the molecule is COc1cccc(-c2cc(C(F)(F)F)n3nc(C)c(-c4ccccc4)c3n2)c1. The average Bonchev–Trinajstić information content (AvgIpc) is 3.02. The second kappa shape index (κ2) is 6.67. The lowest BCUT2D eigenvalue weighted by molar-refractivity contribution is -0.142. The molecule has 0 aliphatic heterocycles. The van der Waals surface area contributed by atoms with E-state index in [0.29, 0.717) is 22.6 Å². The van der Waals surface area contributed by atoms with Gasteiger partial charge in [0.05, 0.1) is 18.5 Å². The minimum atomic E-state index is -4.58. The van der Waals surface area contributed by atoms with Crippen LogP contribution in [-0.2, 0) is 6.18 Å². The van der Waals surface area contributed by atoms with Gasteiger partial charge in [0.15, 0.2) is 11.3 Å². The molecule has 28 heavy (non-hydrogen) atoms. The first-order valence-electron chi connectivity index (χ1n) is 8.56. The third kappa shape index (κ3) is 3.09. The smallest absolute Gasteiger partial charge is 0.433 e. The van der Waals surface area contributed by atoms with Crippen molar-refractivity contribution >= 4 is 5.65 Å². The molecular formula is C21H16F3N3O. The van der Waals surface area contributed by atoms with Gasteiger partial charge in [-0.2, -0.15) is 18.3 Å². The van der Waals surface area contributed by atoms with Gasteiger partial charge in [-0.05, 0) is 30.7 Å². The molecular weight excluding hydrogens is 367 g/mol. The van der Waals surface area contributed by atoms with E-state index in [0.717, 1.165) is 16.1 Å². The van der Waals surface area contributed by atoms with Crippen molar-refractivity contribution < 1.29 is 17.9 Å². The summed E-state index contributed by atoms with van der Waals surface area (Å²) in [6, 6.07) is 17.0. The van der Waals surface area contributed by atoms with Crippen LogP contribution in [0.4, 0.5) is 13.2 Å². The van der Waals surface area contributed by atoms with E-state index in [1.54, 1.807) is 31.2 Å². The number of aromatic nitrogens is 3. The second-order valence-corrected chi connectivity index (χ2v) is 6.32. The molecule has 2 aromatic heterocycles. The van der Waals surface area contributed by atoms with Gasteiger partial charge in [-0.25, -0.2) is 9.50 Å². The Morgan fingerprint density at radius 1 is 0.929 bits per heavy atom. The Hall–Kier alpha value is -3.35. The lowest BCUT2D eigenvalue weighted by Gasteiger charge is -2.12. The van der Waals surface area contributed by atoms with Gasteiger partial charge in [0.2, 0.25) is 0 Å². The molecule has 142 valence electrons. The highest BCUT2D eigenvalue weighted by Gasteiger charge is 2.36. The zero-order valence-corrected chi connectivity index (χ0v) is 15.2. The van der Waals surface area contributed by atoms with E-state index >= 15 is 0 Å².